The van der Waals surface area contributed by atoms with Gasteiger partial charge in [-0.15, -0.1) is 5.10 Å². The van der Waals surface area contributed by atoms with Crippen LogP contribution < -0.4 is 0 Å². The molecule has 1 aromatic carbocycles. The number of aliphatic hydroxyl groups excluding tert-OH is 3. The number of rotatable bonds is 5. The third-order valence-corrected chi connectivity index (χ3v) is 2.87. The molecule has 2 rings (SSSR count). The summed E-state index contributed by atoms with van der Waals surface area (Å²) in [4.78, 5) is 0. The van der Waals surface area contributed by atoms with E-state index in [1.54, 1.807) is 0 Å². The van der Waals surface area contributed by atoms with Gasteiger partial charge in [0, 0.05) is 5.56 Å². The molecule has 6 heteroatoms. The van der Waals surface area contributed by atoms with E-state index in [-0.39, 0.29) is 19.8 Å². The van der Waals surface area contributed by atoms with E-state index in [1.165, 1.54) is 4.68 Å². The summed E-state index contributed by atoms with van der Waals surface area (Å²) in [5.74, 6) is 0. The topological polar surface area (TPSA) is 91.4 Å². The number of hydrogen-bond donors (Lipinski definition) is 3. The molecule has 0 saturated heterocycles. The fourth-order valence-electron chi connectivity index (χ4n) is 1.87. The molecule has 1 atom stereocenters. The van der Waals surface area contributed by atoms with Crippen LogP contribution in [0.3, 0.4) is 0 Å². The molecule has 2 aromatic rings. The van der Waals surface area contributed by atoms with Crippen molar-refractivity contribution >= 4 is 0 Å². The maximum absolute atomic E-state index is 9.51. The molecule has 0 aliphatic rings. The highest BCUT2D eigenvalue weighted by Gasteiger charge is 2.16. The first kappa shape index (κ1) is 13.7. The van der Waals surface area contributed by atoms with Crippen LogP contribution in [-0.4, -0.2) is 43.0 Å². The molecular weight excluding hydrogens is 246 g/mol. The highest BCUT2D eigenvalue weighted by Crippen LogP contribution is 2.23. The summed E-state index contributed by atoms with van der Waals surface area (Å²) in [5, 5.41) is 35.5. The van der Waals surface area contributed by atoms with E-state index in [1.807, 2.05) is 31.2 Å². The number of aryl methyl sites for hydroxylation is 1. The summed E-state index contributed by atoms with van der Waals surface area (Å²) in [7, 11) is 0. The van der Waals surface area contributed by atoms with Gasteiger partial charge in [-0.05, 0) is 6.92 Å². The highest BCUT2D eigenvalue weighted by atomic mass is 16.3. The monoisotopic (exact) mass is 263 g/mol. The van der Waals surface area contributed by atoms with E-state index >= 15 is 0 Å². The van der Waals surface area contributed by atoms with E-state index in [4.69, 9.17) is 5.11 Å². The maximum atomic E-state index is 9.51. The Morgan fingerprint density at radius 2 is 1.89 bits per heavy atom. The van der Waals surface area contributed by atoms with Crippen LogP contribution in [-0.2, 0) is 13.2 Å². The van der Waals surface area contributed by atoms with Gasteiger partial charge in [-0.1, -0.05) is 35.0 Å². The standard InChI is InChI=1S/C13H17N3O3/c1-9-2-4-10(5-3-9)13-12(8-18)14-15-16(13)6-11(19)7-17/h2-5,11,17-19H,6-8H2,1H3. The lowest BCUT2D eigenvalue weighted by molar-refractivity contribution is 0.0782. The van der Waals surface area contributed by atoms with E-state index < -0.39 is 6.10 Å². The second-order valence-electron chi connectivity index (χ2n) is 4.43. The van der Waals surface area contributed by atoms with Crippen LogP contribution in [0.15, 0.2) is 24.3 Å². The van der Waals surface area contributed by atoms with Gasteiger partial charge >= 0.3 is 0 Å². The zero-order valence-corrected chi connectivity index (χ0v) is 10.7. The Balaban J connectivity index is 2.41. The van der Waals surface area contributed by atoms with Crippen molar-refractivity contribution < 1.29 is 15.3 Å². The van der Waals surface area contributed by atoms with Gasteiger partial charge < -0.3 is 15.3 Å². The third-order valence-electron chi connectivity index (χ3n) is 2.87. The summed E-state index contributed by atoms with van der Waals surface area (Å²) in [5.41, 5.74) is 3.11. The minimum Gasteiger partial charge on any atom is -0.394 e. The van der Waals surface area contributed by atoms with Crippen molar-refractivity contribution in [3.8, 4) is 11.3 Å². The first-order valence-corrected chi connectivity index (χ1v) is 6.05. The molecule has 1 heterocycles. The molecule has 0 aliphatic carbocycles. The minimum atomic E-state index is -0.905. The third kappa shape index (κ3) is 2.98. The van der Waals surface area contributed by atoms with Gasteiger partial charge in [0.25, 0.3) is 0 Å². The molecule has 102 valence electrons. The van der Waals surface area contributed by atoms with Crippen LogP contribution >= 0.6 is 0 Å². The molecule has 19 heavy (non-hydrogen) atoms. The summed E-state index contributed by atoms with van der Waals surface area (Å²) >= 11 is 0. The Morgan fingerprint density at radius 3 is 2.47 bits per heavy atom. The molecule has 0 radical (unpaired) electrons. The lowest BCUT2D eigenvalue weighted by atomic mass is 10.1. The fraction of sp³-hybridized carbons (Fsp3) is 0.385. The van der Waals surface area contributed by atoms with Gasteiger partial charge in [0.1, 0.15) is 5.69 Å². The largest absolute Gasteiger partial charge is 0.394 e. The Morgan fingerprint density at radius 1 is 1.21 bits per heavy atom. The van der Waals surface area contributed by atoms with Crippen molar-refractivity contribution in [2.75, 3.05) is 6.61 Å². The van der Waals surface area contributed by atoms with Crippen molar-refractivity contribution in [1.29, 1.82) is 0 Å². The minimum absolute atomic E-state index is 0.132. The van der Waals surface area contributed by atoms with Crippen LogP contribution in [0.4, 0.5) is 0 Å². The highest BCUT2D eigenvalue weighted by molar-refractivity contribution is 5.62. The summed E-state index contributed by atoms with van der Waals surface area (Å²) in [6, 6.07) is 7.73. The number of benzene rings is 1. The molecule has 1 aromatic heterocycles. The summed E-state index contributed by atoms with van der Waals surface area (Å²) < 4.78 is 1.50. The van der Waals surface area contributed by atoms with Gasteiger partial charge in [0.2, 0.25) is 0 Å². The maximum Gasteiger partial charge on any atom is 0.116 e. The Bertz CT molecular complexity index is 537. The summed E-state index contributed by atoms with van der Waals surface area (Å²) in [6.45, 7) is 1.55. The zero-order chi connectivity index (χ0) is 13.8. The van der Waals surface area contributed by atoms with Crippen LogP contribution in [0.25, 0.3) is 11.3 Å². The number of nitrogens with zero attached hydrogens (tertiary/aromatic N) is 3. The second-order valence-corrected chi connectivity index (χ2v) is 4.43. The van der Waals surface area contributed by atoms with Gasteiger partial charge in [-0.25, -0.2) is 4.68 Å². The van der Waals surface area contributed by atoms with Crippen LogP contribution in [0, 0.1) is 6.92 Å². The van der Waals surface area contributed by atoms with Crippen molar-refractivity contribution in [3.63, 3.8) is 0 Å². The van der Waals surface area contributed by atoms with Crippen molar-refractivity contribution in [2.24, 2.45) is 0 Å². The molecule has 0 spiro atoms. The normalized spacial score (nSPS) is 12.6. The number of aliphatic hydroxyl groups is 3. The van der Waals surface area contributed by atoms with E-state index in [9.17, 15) is 10.2 Å². The van der Waals surface area contributed by atoms with E-state index in [2.05, 4.69) is 10.3 Å². The Labute approximate surface area is 110 Å². The fourth-order valence-corrected chi connectivity index (χ4v) is 1.87. The Kier molecular flexibility index (Phi) is 4.26. The zero-order valence-electron chi connectivity index (χ0n) is 10.7. The van der Waals surface area contributed by atoms with Crippen molar-refractivity contribution in [1.82, 2.24) is 15.0 Å². The molecule has 0 fully saturated rings. The van der Waals surface area contributed by atoms with Crippen LogP contribution in [0.5, 0.6) is 0 Å². The van der Waals surface area contributed by atoms with Gasteiger partial charge in [-0.2, -0.15) is 0 Å². The molecular formula is C13H17N3O3. The SMILES string of the molecule is Cc1ccc(-c2c(CO)nnn2CC(O)CO)cc1. The molecule has 0 bridgehead atoms. The molecule has 1 unspecified atom stereocenters. The van der Waals surface area contributed by atoms with Crippen molar-refractivity contribution in [2.45, 2.75) is 26.2 Å². The predicted octanol–water partition coefficient (Wildman–Crippen LogP) is 0.0990. The molecule has 3 N–H and O–H groups in total. The first-order valence-electron chi connectivity index (χ1n) is 6.05. The first-order chi connectivity index (χ1) is 9.15. The second kappa shape index (κ2) is 5.92. The van der Waals surface area contributed by atoms with Gasteiger partial charge in [0.05, 0.1) is 31.6 Å². The van der Waals surface area contributed by atoms with Gasteiger partial charge in [0.15, 0.2) is 0 Å². The number of aromatic nitrogens is 3. The quantitative estimate of drug-likeness (QED) is 0.711. The average Bonchev–Trinajstić information content (AvgIpc) is 2.82. The van der Waals surface area contributed by atoms with Gasteiger partial charge in [-0.3, -0.25) is 0 Å². The lowest BCUT2D eigenvalue weighted by Crippen LogP contribution is -2.21. The van der Waals surface area contributed by atoms with Crippen molar-refractivity contribution in [3.05, 3.63) is 35.5 Å². The lowest BCUT2D eigenvalue weighted by Gasteiger charge is -2.11. The predicted molar refractivity (Wildman–Crippen MR) is 69.2 cm³/mol. The number of hydrogen-bond acceptors (Lipinski definition) is 5. The summed E-state index contributed by atoms with van der Waals surface area (Å²) in [6.07, 6.45) is -0.905. The molecule has 0 saturated carbocycles. The average molecular weight is 263 g/mol. The van der Waals surface area contributed by atoms with E-state index in [0.717, 1.165) is 11.1 Å². The Hall–Kier alpha value is -1.76. The molecule has 6 nitrogen and oxygen atoms in total. The van der Waals surface area contributed by atoms with E-state index in [0.29, 0.717) is 11.4 Å². The molecule has 0 amide bonds. The smallest absolute Gasteiger partial charge is 0.116 e. The van der Waals surface area contributed by atoms with Crippen LogP contribution in [0.2, 0.25) is 0 Å². The van der Waals surface area contributed by atoms with Crippen LogP contribution in [0.1, 0.15) is 11.3 Å². The molecule has 0 aliphatic heterocycles.